The molecule has 4 N–H and O–H groups in total. The van der Waals surface area contributed by atoms with Crippen molar-refractivity contribution in [1.82, 2.24) is 9.97 Å². The van der Waals surface area contributed by atoms with E-state index in [-0.39, 0.29) is 28.3 Å². The molecule has 3 amide bonds. The van der Waals surface area contributed by atoms with Gasteiger partial charge in [-0.2, -0.15) is 0 Å². The van der Waals surface area contributed by atoms with Crippen LogP contribution in [0.1, 0.15) is 31.3 Å². The van der Waals surface area contributed by atoms with Crippen LogP contribution in [-0.4, -0.2) is 34.7 Å². The number of H-pyrrole nitrogens is 1. The lowest BCUT2D eigenvalue weighted by atomic mass is 10.2. The van der Waals surface area contributed by atoms with Crippen molar-refractivity contribution in [3.05, 3.63) is 77.4 Å². The Morgan fingerprint density at radius 1 is 1.10 bits per heavy atom. The fourth-order valence-electron chi connectivity index (χ4n) is 2.53. The van der Waals surface area contributed by atoms with Crippen LogP contribution in [0, 0.1) is 11.6 Å². The molecule has 0 radical (unpaired) electrons. The van der Waals surface area contributed by atoms with Crippen molar-refractivity contribution in [2.45, 2.75) is 0 Å². The SMILES string of the molecule is CN(C(=O)c1nc[nH]c1C(N)=O)c1ccc(NC(=O)c2ccc(F)cc2)c(F)c1. The summed E-state index contributed by atoms with van der Waals surface area (Å²) in [5.41, 5.74) is 5.01. The van der Waals surface area contributed by atoms with Gasteiger partial charge in [0.2, 0.25) is 0 Å². The molecule has 0 fully saturated rings. The number of anilines is 2. The quantitative estimate of drug-likeness (QED) is 0.610. The Kier molecular flexibility index (Phi) is 5.35. The van der Waals surface area contributed by atoms with Crippen LogP contribution in [-0.2, 0) is 0 Å². The van der Waals surface area contributed by atoms with E-state index in [1.165, 1.54) is 31.3 Å². The maximum atomic E-state index is 14.5. The number of nitrogens with two attached hydrogens (primary N) is 1. The van der Waals surface area contributed by atoms with E-state index in [0.29, 0.717) is 0 Å². The molecule has 0 saturated heterocycles. The molecule has 10 heteroatoms. The van der Waals surface area contributed by atoms with Gasteiger partial charge in [0.15, 0.2) is 5.69 Å². The smallest absolute Gasteiger partial charge is 0.279 e. The van der Waals surface area contributed by atoms with Gasteiger partial charge in [0.05, 0.1) is 12.0 Å². The maximum absolute atomic E-state index is 14.5. The lowest BCUT2D eigenvalue weighted by Crippen LogP contribution is -2.29. The summed E-state index contributed by atoms with van der Waals surface area (Å²) >= 11 is 0. The van der Waals surface area contributed by atoms with E-state index >= 15 is 0 Å². The summed E-state index contributed by atoms with van der Waals surface area (Å²) in [4.78, 5) is 43.3. The van der Waals surface area contributed by atoms with Gasteiger partial charge >= 0.3 is 0 Å². The van der Waals surface area contributed by atoms with Gasteiger partial charge in [0, 0.05) is 18.3 Å². The Balaban J connectivity index is 1.78. The number of carbonyl (C=O) groups excluding carboxylic acids is 3. The lowest BCUT2D eigenvalue weighted by molar-refractivity contribution is 0.0958. The van der Waals surface area contributed by atoms with Gasteiger partial charge in [-0.25, -0.2) is 13.8 Å². The first-order valence-corrected chi connectivity index (χ1v) is 8.25. The van der Waals surface area contributed by atoms with Crippen molar-refractivity contribution in [3.8, 4) is 0 Å². The number of carbonyl (C=O) groups is 3. The maximum Gasteiger partial charge on any atom is 0.279 e. The lowest BCUT2D eigenvalue weighted by Gasteiger charge is -2.17. The number of benzene rings is 2. The van der Waals surface area contributed by atoms with Gasteiger partial charge in [-0.1, -0.05) is 0 Å². The zero-order chi connectivity index (χ0) is 21.1. The monoisotopic (exact) mass is 399 g/mol. The molecule has 0 aliphatic heterocycles. The fourth-order valence-corrected chi connectivity index (χ4v) is 2.53. The summed E-state index contributed by atoms with van der Waals surface area (Å²) in [5.74, 6) is -3.45. The number of nitrogens with one attached hydrogen (secondary N) is 2. The highest BCUT2D eigenvalue weighted by atomic mass is 19.1. The van der Waals surface area contributed by atoms with E-state index < -0.39 is 29.4 Å². The first-order valence-electron chi connectivity index (χ1n) is 8.25. The first kappa shape index (κ1) is 19.7. The van der Waals surface area contributed by atoms with Crippen molar-refractivity contribution in [2.24, 2.45) is 5.73 Å². The van der Waals surface area contributed by atoms with Crippen molar-refractivity contribution >= 4 is 29.1 Å². The predicted molar refractivity (Wildman–Crippen MR) is 101 cm³/mol. The number of imidazole rings is 1. The third-order valence-electron chi connectivity index (χ3n) is 4.09. The van der Waals surface area contributed by atoms with Gasteiger partial charge in [-0.15, -0.1) is 0 Å². The number of hydrogen-bond acceptors (Lipinski definition) is 4. The van der Waals surface area contributed by atoms with Crippen LogP contribution in [0.5, 0.6) is 0 Å². The standard InChI is InChI=1S/C19H15F2N5O3/c1-26(19(29)16-15(17(22)27)23-9-24-16)12-6-7-14(13(21)8-12)25-18(28)10-2-4-11(20)5-3-10/h2-9H,1H3,(H2,22,27)(H,23,24)(H,25,28). The van der Waals surface area contributed by atoms with Crippen LogP contribution in [0.3, 0.4) is 0 Å². The second kappa shape index (κ2) is 7.89. The molecular weight excluding hydrogens is 384 g/mol. The molecule has 0 unspecified atom stereocenters. The van der Waals surface area contributed by atoms with E-state index in [1.807, 2.05) is 0 Å². The average Bonchev–Trinajstić information content (AvgIpc) is 3.19. The van der Waals surface area contributed by atoms with E-state index in [4.69, 9.17) is 5.73 Å². The Labute approximate surface area is 163 Å². The second-order valence-corrected chi connectivity index (χ2v) is 5.98. The third-order valence-corrected chi connectivity index (χ3v) is 4.09. The van der Waals surface area contributed by atoms with Crippen molar-refractivity contribution in [2.75, 3.05) is 17.3 Å². The van der Waals surface area contributed by atoms with Crippen molar-refractivity contribution in [3.63, 3.8) is 0 Å². The van der Waals surface area contributed by atoms with Crippen LogP contribution < -0.4 is 16.0 Å². The largest absolute Gasteiger partial charge is 0.364 e. The van der Waals surface area contributed by atoms with Gasteiger partial charge < -0.3 is 20.9 Å². The molecule has 0 atom stereocenters. The summed E-state index contributed by atoms with van der Waals surface area (Å²) < 4.78 is 27.4. The third kappa shape index (κ3) is 4.10. The number of primary amides is 1. The number of rotatable bonds is 5. The van der Waals surface area contributed by atoms with Gasteiger partial charge in [0.1, 0.15) is 17.3 Å². The van der Waals surface area contributed by atoms with Crippen LogP contribution in [0.4, 0.5) is 20.2 Å². The summed E-state index contributed by atoms with van der Waals surface area (Å²) in [6, 6.07) is 8.48. The molecule has 3 rings (SSSR count). The van der Waals surface area contributed by atoms with Crippen molar-refractivity contribution < 1.29 is 23.2 Å². The van der Waals surface area contributed by atoms with Gasteiger partial charge in [-0.05, 0) is 42.5 Å². The summed E-state index contributed by atoms with van der Waals surface area (Å²) in [6.07, 6.45) is 1.15. The Morgan fingerprint density at radius 3 is 2.41 bits per heavy atom. The van der Waals surface area contributed by atoms with Gasteiger partial charge in [-0.3, -0.25) is 14.4 Å². The topological polar surface area (TPSA) is 121 Å². The minimum absolute atomic E-state index is 0.124. The molecule has 0 spiro atoms. The van der Waals surface area contributed by atoms with E-state index in [1.54, 1.807) is 0 Å². The number of aromatic amines is 1. The van der Waals surface area contributed by atoms with Crippen LogP contribution in [0.25, 0.3) is 0 Å². The zero-order valence-electron chi connectivity index (χ0n) is 15.1. The molecule has 0 saturated carbocycles. The molecule has 0 aliphatic carbocycles. The summed E-state index contributed by atoms with van der Waals surface area (Å²) in [6.45, 7) is 0. The Hall–Kier alpha value is -4.08. The molecule has 0 bridgehead atoms. The molecule has 3 aromatic rings. The number of halogens is 2. The van der Waals surface area contributed by atoms with Crippen molar-refractivity contribution in [1.29, 1.82) is 0 Å². The normalized spacial score (nSPS) is 10.4. The highest BCUT2D eigenvalue weighted by molar-refractivity contribution is 6.11. The molecular formula is C19H15F2N5O3. The molecule has 148 valence electrons. The van der Waals surface area contributed by atoms with E-state index in [2.05, 4.69) is 15.3 Å². The van der Waals surface area contributed by atoms with Crippen LogP contribution in [0.15, 0.2) is 48.8 Å². The number of nitrogens with zero attached hydrogens (tertiary/aromatic N) is 2. The second-order valence-electron chi connectivity index (χ2n) is 5.98. The molecule has 0 aliphatic rings. The molecule has 2 aromatic carbocycles. The van der Waals surface area contributed by atoms with E-state index in [9.17, 15) is 23.2 Å². The average molecular weight is 399 g/mol. The molecule has 1 aromatic heterocycles. The first-order chi connectivity index (χ1) is 13.8. The summed E-state index contributed by atoms with van der Waals surface area (Å²) in [5, 5.41) is 2.37. The van der Waals surface area contributed by atoms with Gasteiger partial charge in [0.25, 0.3) is 17.7 Å². The number of hydrogen-bond donors (Lipinski definition) is 3. The highest BCUT2D eigenvalue weighted by Gasteiger charge is 2.23. The minimum Gasteiger partial charge on any atom is -0.364 e. The fraction of sp³-hybridized carbons (Fsp3) is 0.0526. The number of aromatic nitrogens is 2. The zero-order valence-corrected chi connectivity index (χ0v) is 15.1. The molecule has 8 nitrogen and oxygen atoms in total. The van der Waals surface area contributed by atoms with Crippen LogP contribution >= 0.6 is 0 Å². The Bertz CT molecular complexity index is 1100. The molecule has 29 heavy (non-hydrogen) atoms. The number of amides is 3. The Morgan fingerprint density at radius 2 is 1.79 bits per heavy atom. The summed E-state index contributed by atoms with van der Waals surface area (Å²) in [7, 11) is 1.37. The minimum atomic E-state index is -0.857. The predicted octanol–water partition coefficient (Wildman–Crippen LogP) is 2.32. The van der Waals surface area contributed by atoms with Crippen LogP contribution in [0.2, 0.25) is 0 Å². The highest BCUT2D eigenvalue weighted by Crippen LogP contribution is 2.23. The molecule has 1 heterocycles. The van der Waals surface area contributed by atoms with E-state index in [0.717, 1.165) is 29.4 Å².